The second-order valence-corrected chi connectivity index (χ2v) is 7.29. The number of hydrogen-bond acceptors (Lipinski definition) is 1. The van der Waals surface area contributed by atoms with Crippen LogP contribution in [0.5, 0.6) is 0 Å². The molecule has 2 atom stereocenters. The molecular formula is C20H40NO+. The minimum atomic E-state index is 0.300. The lowest BCUT2D eigenvalue weighted by Gasteiger charge is -2.45. The molecule has 0 radical (unpaired) electrons. The van der Waals surface area contributed by atoms with Crippen molar-refractivity contribution in [3.05, 3.63) is 12.7 Å². The van der Waals surface area contributed by atoms with E-state index in [1.54, 1.807) is 0 Å². The molecule has 2 heteroatoms. The normalized spacial score (nSPS) is 25.3. The lowest BCUT2D eigenvalue weighted by Crippen LogP contribution is -2.58. The van der Waals surface area contributed by atoms with Crippen molar-refractivity contribution < 1.29 is 9.59 Å². The summed E-state index contributed by atoms with van der Waals surface area (Å²) in [6, 6.07) is 0.484. The maximum absolute atomic E-state index is 9.91. The van der Waals surface area contributed by atoms with Crippen LogP contribution in [0.2, 0.25) is 0 Å². The zero-order valence-electron chi connectivity index (χ0n) is 15.1. The van der Waals surface area contributed by atoms with Gasteiger partial charge in [0.1, 0.15) is 6.04 Å². The molecule has 0 aromatic carbocycles. The number of rotatable bonds is 13. The highest BCUT2D eigenvalue weighted by Crippen LogP contribution is 2.27. The van der Waals surface area contributed by atoms with Gasteiger partial charge >= 0.3 is 0 Å². The van der Waals surface area contributed by atoms with Gasteiger partial charge in [-0.15, -0.1) is 0 Å². The molecule has 1 aliphatic rings. The topological polar surface area (TPSA) is 20.2 Å². The minimum Gasteiger partial charge on any atom is -0.347 e. The lowest BCUT2D eigenvalue weighted by atomic mass is 9.98. The molecule has 1 N–H and O–H groups in total. The van der Waals surface area contributed by atoms with E-state index in [1.165, 1.54) is 83.5 Å². The van der Waals surface area contributed by atoms with Gasteiger partial charge in [-0.1, -0.05) is 64.9 Å². The summed E-state index contributed by atoms with van der Waals surface area (Å²) in [5, 5.41) is 9.91. The number of hydrogen-bond donors (Lipinski definition) is 1. The fraction of sp³-hybridized carbons (Fsp3) is 0.900. The van der Waals surface area contributed by atoms with E-state index in [-0.39, 0.29) is 0 Å². The summed E-state index contributed by atoms with van der Waals surface area (Å²) >= 11 is 0. The third kappa shape index (κ3) is 6.83. The van der Waals surface area contributed by atoms with Crippen LogP contribution in [0.1, 0.15) is 90.4 Å². The quantitative estimate of drug-likeness (QED) is 0.274. The number of unbranched alkanes of at least 4 members (excludes halogenated alkanes) is 9. The molecular weight excluding hydrogens is 270 g/mol. The monoisotopic (exact) mass is 310 g/mol. The summed E-state index contributed by atoms with van der Waals surface area (Å²) < 4.78 is 0.889. The van der Waals surface area contributed by atoms with Gasteiger partial charge in [-0.3, -0.25) is 4.48 Å². The van der Waals surface area contributed by atoms with E-state index in [1.807, 2.05) is 0 Å². The van der Waals surface area contributed by atoms with Gasteiger partial charge in [0, 0.05) is 6.42 Å². The largest absolute Gasteiger partial charge is 0.347 e. The average Bonchev–Trinajstić information content (AvgIpc) is 2.56. The van der Waals surface area contributed by atoms with Gasteiger partial charge in [0.2, 0.25) is 0 Å². The zero-order valence-corrected chi connectivity index (χ0v) is 15.1. The highest BCUT2D eigenvalue weighted by Gasteiger charge is 2.36. The van der Waals surface area contributed by atoms with Crippen LogP contribution < -0.4 is 0 Å². The number of nitrogens with zero attached hydrogens (tertiary/aromatic N) is 1. The van der Waals surface area contributed by atoms with Crippen LogP contribution in [0.4, 0.5) is 0 Å². The first-order valence-electron chi connectivity index (χ1n) is 9.88. The summed E-state index contributed by atoms with van der Waals surface area (Å²) in [5.41, 5.74) is 0. The van der Waals surface area contributed by atoms with Crippen molar-refractivity contribution in [2.24, 2.45) is 0 Å². The van der Waals surface area contributed by atoms with E-state index in [4.69, 9.17) is 0 Å². The molecule has 0 aromatic heterocycles. The predicted octanol–water partition coefficient (Wildman–Crippen LogP) is 5.41. The van der Waals surface area contributed by atoms with E-state index >= 15 is 0 Å². The SMILES string of the molecule is C=CC1CCCC[N+]1(CO)CCCCCCCCCCCC. The van der Waals surface area contributed by atoms with Crippen LogP contribution >= 0.6 is 0 Å². The van der Waals surface area contributed by atoms with Gasteiger partial charge in [0.05, 0.1) is 13.1 Å². The van der Waals surface area contributed by atoms with E-state index in [0.29, 0.717) is 12.8 Å². The Bertz CT molecular complexity index is 279. The first-order chi connectivity index (χ1) is 10.8. The minimum absolute atomic E-state index is 0.300. The number of likely N-dealkylation sites (tertiary alicyclic amines) is 1. The average molecular weight is 311 g/mol. The number of quaternary nitrogens is 1. The molecule has 0 amide bonds. The molecule has 22 heavy (non-hydrogen) atoms. The van der Waals surface area contributed by atoms with E-state index < -0.39 is 0 Å². The molecule has 1 heterocycles. The van der Waals surface area contributed by atoms with Gasteiger partial charge < -0.3 is 5.11 Å². The molecule has 0 aromatic rings. The molecule has 0 saturated carbocycles. The first-order valence-corrected chi connectivity index (χ1v) is 9.88. The Kier molecular flexibility index (Phi) is 10.9. The van der Waals surface area contributed by atoms with E-state index in [2.05, 4.69) is 19.6 Å². The van der Waals surface area contributed by atoms with Crippen LogP contribution in [0, 0.1) is 0 Å². The number of aliphatic hydroxyl groups is 1. The van der Waals surface area contributed by atoms with Gasteiger partial charge in [0.25, 0.3) is 0 Å². The molecule has 1 saturated heterocycles. The first kappa shape index (κ1) is 19.7. The number of piperidine rings is 1. The van der Waals surface area contributed by atoms with E-state index in [9.17, 15) is 5.11 Å². The highest BCUT2D eigenvalue weighted by atomic mass is 16.3. The van der Waals surface area contributed by atoms with Crippen LogP contribution in [-0.2, 0) is 0 Å². The van der Waals surface area contributed by atoms with Gasteiger partial charge in [-0.2, -0.15) is 0 Å². The Balaban J connectivity index is 2.08. The fourth-order valence-electron chi connectivity index (χ4n) is 4.00. The lowest BCUT2D eigenvalue weighted by molar-refractivity contribution is -0.965. The summed E-state index contributed by atoms with van der Waals surface area (Å²) in [6.45, 7) is 8.86. The van der Waals surface area contributed by atoms with Crippen molar-refractivity contribution in [2.75, 3.05) is 19.8 Å². The molecule has 2 unspecified atom stereocenters. The molecule has 0 spiro atoms. The van der Waals surface area contributed by atoms with Crippen LogP contribution in [-0.4, -0.2) is 35.5 Å². The molecule has 130 valence electrons. The van der Waals surface area contributed by atoms with Crippen molar-refractivity contribution in [3.63, 3.8) is 0 Å². The van der Waals surface area contributed by atoms with Crippen LogP contribution in [0.25, 0.3) is 0 Å². The summed E-state index contributed by atoms with van der Waals surface area (Å²) in [7, 11) is 0. The fourth-order valence-corrected chi connectivity index (χ4v) is 4.00. The van der Waals surface area contributed by atoms with Gasteiger partial charge in [-0.25, -0.2) is 0 Å². The second-order valence-electron chi connectivity index (χ2n) is 7.29. The molecule has 1 fully saturated rings. The zero-order chi connectivity index (χ0) is 16.1. The Morgan fingerprint density at radius 1 is 0.955 bits per heavy atom. The third-order valence-electron chi connectivity index (χ3n) is 5.57. The standard InChI is InChI=1S/C20H40NO/c1-3-5-6-7-8-9-10-11-12-14-17-21(19-22)18-15-13-16-20(21)4-2/h4,20,22H,2-3,5-19H2,1H3/q+1. The summed E-state index contributed by atoms with van der Waals surface area (Å²) in [5.74, 6) is 0. The molecule has 1 rings (SSSR count). The van der Waals surface area contributed by atoms with Crippen molar-refractivity contribution in [3.8, 4) is 0 Å². The Morgan fingerprint density at radius 2 is 1.55 bits per heavy atom. The maximum Gasteiger partial charge on any atom is 0.180 e. The maximum atomic E-state index is 9.91. The van der Waals surface area contributed by atoms with Crippen LogP contribution in [0.15, 0.2) is 12.7 Å². The third-order valence-corrected chi connectivity index (χ3v) is 5.57. The van der Waals surface area contributed by atoms with Crippen molar-refractivity contribution >= 4 is 0 Å². The summed E-state index contributed by atoms with van der Waals surface area (Å²) in [6.07, 6.45) is 19.7. The molecule has 0 bridgehead atoms. The Labute approximate surface area is 139 Å². The second kappa shape index (κ2) is 12.1. The summed E-state index contributed by atoms with van der Waals surface area (Å²) in [4.78, 5) is 0. The number of aliphatic hydroxyl groups excluding tert-OH is 1. The predicted molar refractivity (Wildman–Crippen MR) is 96.8 cm³/mol. The van der Waals surface area contributed by atoms with Gasteiger partial charge in [-0.05, 0) is 31.8 Å². The van der Waals surface area contributed by atoms with E-state index in [0.717, 1.165) is 17.6 Å². The highest BCUT2D eigenvalue weighted by molar-refractivity contribution is 4.83. The van der Waals surface area contributed by atoms with Gasteiger partial charge in [0.15, 0.2) is 6.73 Å². The van der Waals surface area contributed by atoms with Crippen molar-refractivity contribution in [2.45, 2.75) is 96.4 Å². The Hall–Kier alpha value is -0.340. The molecule has 1 aliphatic heterocycles. The molecule has 0 aliphatic carbocycles. The molecule has 2 nitrogen and oxygen atoms in total. The van der Waals surface area contributed by atoms with Crippen molar-refractivity contribution in [1.82, 2.24) is 0 Å². The Morgan fingerprint density at radius 3 is 2.09 bits per heavy atom. The van der Waals surface area contributed by atoms with Crippen molar-refractivity contribution in [1.29, 1.82) is 0 Å². The van der Waals surface area contributed by atoms with Crippen LogP contribution in [0.3, 0.4) is 0 Å². The smallest absolute Gasteiger partial charge is 0.180 e.